The van der Waals surface area contributed by atoms with Crippen LogP contribution in [-0.4, -0.2) is 16.0 Å². The molecule has 0 bridgehead atoms. The summed E-state index contributed by atoms with van der Waals surface area (Å²) in [6.45, 7) is 5.33. The van der Waals surface area contributed by atoms with Crippen LogP contribution in [0.15, 0.2) is 22.7 Å². The number of carbonyl (C=O) groups is 1. The molecule has 2 rings (SSSR count). The van der Waals surface area contributed by atoms with Crippen LogP contribution >= 0.6 is 0 Å². The van der Waals surface area contributed by atoms with E-state index < -0.39 is 10.9 Å². The first kappa shape index (κ1) is 15.7. The zero-order valence-electron chi connectivity index (χ0n) is 12.6. The van der Waals surface area contributed by atoms with Gasteiger partial charge in [0, 0.05) is 11.6 Å². The van der Waals surface area contributed by atoms with E-state index in [0.29, 0.717) is 12.2 Å². The van der Waals surface area contributed by atoms with Crippen molar-refractivity contribution < 1.29 is 19.0 Å². The second kappa shape index (κ2) is 6.38. The van der Waals surface area contributed by atoms with Gasteiger partial charge in [0.2, 0.25) is 5.75 Å². The number of hydrogen-bond acceptors (Lipinski definition) is 6. The highest BCUT2D eigenvalue weighted by molar-refractivity contribution is 5.74. The Kier molecular flexibility index (Phi) is 4.55. The maximum atomic E-state index is 11.9. The van der Waals surface area contributed by atoms with Gasteiger partial charge in [0.1, 0.15) is 5.76 Å². The van der Waals surface area contributed by atoms with Gasteiger partial charge in [-0.1, -0.05) is 11.2 Å². The van der Waals surface area contributed by atoms with Crippen molar-refractivity contribution in [2.45, 2.75) is 33.6 Å². The van der Waals surface area contributed by atoms with Gasteiger partial charge in [-0.3, -0.25) is 14.9 Å². The lowest BCUT2D eigenvalue weighted by Gasteiger charge is -2.06. The Morgan fingerprint density at radius 2 is 2.09 bits per heavy atom. The van der Waals surface area contributed by atoms with E-state index in [1.807, 2.05) is 0 Å². The second-order valence-electron chi connectivity index (χ2n) is 5.01. The van der Waals surface area contributed by atoms with E-state index in [1.54, 1.807) is 26.8 Å². The van der Waals surface area contributed by atoms with Crippen molar-refractivity contribution in [3.8, 4) is 5.75 Å². The molecule has 2 aromatic rings. The predicted molar refractivity (Wildman–Crippen MR) is 77.8 cm³/mol. The number of aromatic nitrogens is 1. The molecule has 0 N–H and O–H groups in total. The Morgan fingerprint density at radius 3 is 2.68 bits per heavy atom. The summed E-state index contributed by atoms with van der Waals surface area (Å²) < 4.78 is 10.2. The zero-order valence-corrected chi connectivity index (χ0v) is 12.6. The maximum Gasteiger partial charge on any atom is 0.311 e. The fourth-order valence-electron chi connectivity index (χ4n) is 2.11. The summed E-state index contributed by atoms with van der Waals surface area (Å²) in [4.78, 5) is 22.3. The number of nitro benzene ring substituents is 1. The molecular weight excluding hydrogens is 288 g/mol. The van der Waals surface area contributed by atoms with Crippen molar-refractivity contribution >= 4 is 11.7 Å². The summed E-state index contributed by atoms with van der Waals surface area (Å²) >= 11 is 0. The van der Waals surface area contributed by atoms with Crippen molar-refractivity contribution in [1.82, 2.24) is 5.16 Å². The number of carbonyl (C=O) groups excluding carboxylic acids is 1. The highest BCUT2D eigenvalue weighted by Crippen LogP contribution is 2.28. The second-order valence-corrected chi connectivity index (χ2v) is 5.01. The molecule has 1 aromatic carbocycles. The minimum Gasteiger partial charge on any atom is -0.419 e. The molecule has 0 radical (unpaired) electrons. The summed E-state index contributed by atoms with van der Waals surface area (Å²) in [7, 11) is 0. The molecule has 22 heavy (non-hydrogen) atoms. The highest BCUT2D eigenvalue weighted by atomic mass is 16.6. The summed E-state index contributed by atoms with van der Waals surface area (Å²) in [6.07, 6.45) is 0.508. The maximum absolute atomic E-state index is 11.9. The Morgan fingerprint density at radius 1 is 1.36 bits per heavy atom. The average molecular weight is 304 g/mol. The number of rotatable bonds is 5. The van der Waals surface area contributed by atoms with Crippen LogP contribution in [-0.2, 0) is 11.2 Å². The van der Waals surface area contributed by atoms with Crippen LogP contribution in [0.4, 0.5) is 5.69 Å². The molecule has 0 aliphatic rings. The monoisotopic (exact) mass is 304 g/mol. The van der Waals surface area contributed by atoms with Crippen LogP contribution < -0.4 is 4.74 Å². The van der Waals surface area contributed by atoms with Gasteiger partial charge in [0.25, 0.3) is 0 Å². The molecule has 7 nitrogen and oxygen atoms in total. The van der Waals surface area contributed by atoms with Crippen molar-refractivity contribution in [1.29, 1.82) is 0 Å². The molecule has 116 valence electrons. The zero-order chi connectivity index (χ0) is 16.3. The van der Waals surface area contributed by atoms with Gasteiger partial charge in [-0.2, -0.15) is 0 Å². The first-order valence-electron chi connectivity index (χ1n) is 6.76. The molecule has 1 heterocycles. The van der Waals surface area contributed by atoms with Crippen LogP contribution in [0.5, 0.6) is 5.75 Å². The topological polar surface area (TPSA) is 95.5 Å². The lowest BCUT2D eigenvalue weighted by Crippen LogP contribution is -2.11. The molecule has 0 saturated carbocycles. The van der Waals surface area contributed by atoms with Crippen molar-refractivity contribution in [2.75, 3.05) is 0 Å². The normalized spacial score (nSPS) is 10.5. The van der Waals surface area contributed by atoms with Crippen LogP contribution in [0.25, 0.3) is 0 Å². The first-order chi connectivity index (χ1) is 10.4. The third kappa shape index (κ3) is 3.49. The number of nitro groups is 1. The van der Waals surface area contributed by atoms with Crippen LogP contribution in [0.1, 0.15) is 29.0 Å². The summed E-state index contributed by atoms with van der Waals surface area (Å²) in [6, 6.07) is 4.40. The van der Waals surface area contributed by atoms with E-state index in [-0.39, 0.29) is 17.9 Å². The van der Waals surface area contributed by atoms with Gasteiger partial charge < -0.3 is 9.26 Å². The van der Waals surface area contributed by atoms with E-state index in [9.17, 15) is 14.9 Å². The number of benzene rings is 1. The van der Waals surface area contributed by atoms with E-state index >= 15 is 0 Å². The Labute approximate surface area is 127 Å². The molecule has 0 aliphatic heterocycles. The summed E-state index contributed by atoms with van der Waals surface area (Å²) in [5.74, 6) is 0.0919. The van der Waals surface area contributed by atoms with Gasteiger partial charge >= 0.3 is 11.7 Å². The van der Waals surface area contributed by atoms with Crippen LogP contribution in [0, 0.1) is 30.9 Å². The lowest BCUT2D eigenvalue weighted by atomic mass is 10.1. The number of esters is 1. The minimum absolute atomic E-state index is 0.0336. The average Bonchev–Trinajstić information content (AvgIpc) is 2.75. The molecule has 7 heteroatoms. The Balaban J connectivity index is 2.06. The predicted octanol–water partition coefficient (Wildman–Crippen LogP) is 3.05. The summed E-state index contributed by atoms with van der Waals surface area (Å²) in [5.41, 5.74) is 2.14. The Bertz CT molecular complexity index is 701. The number of nitrogens with zero attached hydrogens (tertiary/aromatic N) is 2. The quantitative estimate of drug-likeness (QED) is 0.364. The highest BCUT2D eigenvalue weighted by Gasteiger charge is 2.19. The van der Waals surface area contributed by atoms with E-state index in [2.05, 4.69) is 5.16 Å². The van der Waals surface area contributed by atoms with Gasteiger partial charge in [0.15, 0.2) is 0 Å². The molecule has 0 spiro atoms. The number of aryl methyl sites for hydroxylation is 3. The van der Waals surface area contributed by atoms with E-state index in [4.69, 9.17) is 9.26 Å². The van der Waals surface area contributed by atoms with E-state index in [0.717, 1.165) is 16.8 Å². The van der Waals surface area contributed by atoms with Gasteiger partial charge in [0.05, 0.1) is 17.0 Å². The molecular formula is C15H16N2O5. The molecule has 0 unspecified atom stereocenters. The molecule has 0 fully saturated rings. The van der Waals surface area contributed by atoms with Crippen molar-refractivity contribution in [3.05, 3.63) is 50.9 Å². The molecule has 0 amide bonds. The van der Waals surface area contributed by atoms with E-state index in [1.165, 1.54) is 12.1 Å². The van der Waals surface area contributed by atoms with Crippen LogP contribution in [0.3, 0.4) is 0 Å². The fraction of sp³-hybridized carbons (Fsp3) is 0.333. The Hall–Kier alpha value is -2.70. The third-order valence-corrected chi connectivity index (χ3v) is 3.30. The molecule has 0 aliphatic carbocycles. The van der Waals surface area contributed by atoms with Crippen molar-refractivity contribution in [3.63, 3.8) is 0 Å². The molecule has 0 saturated heterocycles. The molecule has 1 aromatic heterocycles. The van der Waals surface area contributed by atoms with Crippen molar-refractivity contribution in [2.24, 2.45) is 0 Å². The largest absolute Gasteiger partial charge is 0.419 e. The summed E-state index contributed by atoms with van der Waals surface area (Å²) in [5, 5.41) is 14.8. The van der Waals surface area contributed by atoms with Gasteiger partial charge in [-0.25, -0.2) is 0 Å². The lowest BCUT2D eigenvalue weighted by molar-refractivity contribution is -0.385. The van der Waals surface area contributed by atoms with Gasteiger partial charge in [-0.15, -0.1) is 0 Å². The standard InChI is InChI=1S/C15H16N2O5/c1-9-4-6-13(17(19)20)14(8-9)21-15(18)7-5-12-10(2)16-22-11(12)3/h4,6,8H,5,7H2,1-3H3. The SMILES string of the molecule is Cc1ccc([N+](=O)[O-])c(OC(=O)CCc2c(C)noc2C)c1. The number of ether oxygens (including phenoxy) is 1. The molecule has 0 atom stereocenters. The van der Waals surface area contributed by atoms with Crippen LogP contribution in [0.2, 0.25) is 0 Å². The first-order valence-corrected chi connectivity index (χ1v) is 6.76. The minimum atomic E-state index is -0.573. The van der Waals surface area contributed by atoms with Gasteiger partial charge in [-0.05, 0) is 38.8 Å². The fourth-order valence-corrected chi connectivity index (χ4v) is 2.11. The number of hydrogen-bond donors (Lipinski definition) is 0. The smallest absolute Gasteiger partial charge is 0.311 e. The third-order valence-electron chi connectivity index (χ3n) is 3.30.